The predicted molar refractivity (Wildman–Crippen MR) is 128 cm³/mol. The molecule has 4 aromatic rings. The molecule has 0 atom stereocenters. The molecule has 0 saturated carbocycles. The minimum absolute atomic E-state index is 0.423. The van der Waals surface area contributed by atoms with Gasteiger partial charge in [-0.2, -0.15) is 4.98 Å². The summed E-state index contributed by atoms with van der Waals surface area (Å²) in [5.41, 5.74) is 4.54. The van der Waals surface area contributed by atoms with E-state index in [-0.39, 0.29) is 0 Å². The summed E-state index contributed by atoms with van der Waals surface area (Å²) in [7, 11) is 1.36. The van der Waals surface area contributed by atoms with E-state index >= 15 is 0 Å². The number of aromatic nitrogens is 3. The minimum Gasteiger partial charge on any atom is -0.465 e. The van der Waals surface area contributed by atoms with Gasteiger partial charge in [-0.25, -0.2) is 9.78 Å². The fraction of sp³-hybridized carbons (Fsp3) is 0.208. The summed E-state index contributed by atoms with van der Waals surface area (Å²) in [5, 5.41) is 6.53. The van der Waals surface area contributed by atoms with Crippen molar-refractivity contribution in [1.82, 2.24) is 15.0 Å². The van der Waals surface area contributed by atoms with Crippen molar-refractivity contribution in [3.8, 4) is 0 Å². The van der Waals surface area contributed by atoms with Crippen LogP contribution in [-0.4, -0.2) is 54.3 Å². The normalized spacial score (nSPS) is 13.7. The topological polar surface area (TPSA) is 104 Å². The maximum absolute atomic E-state index is 12.2. The smallest absolute Gasteiger partial charge is 0.339 e. The van der Waals surface area contributed by atoms with E-state index in [0.717, 1.165) is 48.7 Å². The monoisotopic (exact) mass is 444 g/mol. The highest BCUT2D eigenvalue weighted by Crippen LogP contribution is 2.28. The van der Waals surface area contributed by atoms with Crippen LogP contribution in [0.15, 0.2) is 60.8 Å². The standard InChI is InChI=1S/C24H24N6O3/c1-32-23(31)18-4-2-3-5-19(18)27-22-21-20(10-11-25-21)28-24(29-22)26-16-6-8-17(9-7-16)30-12-14-33-15-13-30/h2-11,25H,12-15H2,1H3,(H2,26,27,28,29). The van der Waals surface area contributed by atoms with Crippen molar-refractivity contribution >= 4 is 45.8 Å². The molecular weight excluding hydrogens is 420 g/mol. The summed E-state index contributed by atoms with van der Waals surface area (Å²) in [6, 6.07) is 17.2. The second-order valence-corrected chi connectivity index (χ2v) is 7.57. The molecule has 1 aliphatic heterocycles. The van der Waals surface area contributed by atoms with Crippen LogP contribution >= 0.6 is 0 Å². The molecule has 1 fully saturated rings. The zero-order valence-electron chi connectivity index (χ0n) is 18.2. The first kappa shape index (κ1) is 20.8. The van der Waals surface area contributed by atoms with Gasteiger partial charge >= 0.3 is 5.97 Å². The Morgan fingerprint density at radius 3 is 2.61 bits per heavy atom. The number of para-hydroxylation sites is 1. The molecule has 0 aliphatic carbocycles. The second-order valence-electron chi connectivity index (χ2n) is 7.57. The van der Waals surface area contributed by atoms with Crippen molar-refractivity contribution < 1.29 is 14.3 Å². The summed E-state index contributed by atoms with van der Waals surface area (Å²) in [6.07, 6.45) is 1.80. The van der Waals surface area contributed by atoms with Gasteiger partial charge in [0.1, 0.15) is 5.52 Å². The van der Waals surface area contributed by atoms with Gasteiger partial charge in [0.2, 0.25) is 5.95 Å². The lowest BCUT2D eigenvalue weighted by atomic mass is 10.2. The first-order valence-electron chi connectivity index (χ1n) is 10.7. The largest absolute Gasteiger partial charge is 0.465 e. The summed E-state index contributed by atoms with van der Waals surface area (Å²) < 4.78 is 10.3. The SMILES string of the molecule is COC(=O)c1ccccc1Nc1nc(Nc2ccc(N3CCOCC3)cc2)nc2cc[nH]c12. The number of hydrogen-bond acceptors (Lipinski definition) is 8. The number of esters is 1. The van der Waals surface area contributed by atoms with E-state index in [1.807, 2.05) is 24.3 Å². The van der Waals surface area contributed by atoms with Crippen molar-refractivity contribution in [2.75, 3.05) is 48.9 Å². The highest BCUT2D eigenvalue weighted by atomic mass is 16.5. The van der Waals surface area contributed by atoms with Crippen LogP contribution in [0.2, 0.25) is 0 Å². The van der Waals surface area contributed by atoms with Crippen molar-refractivity contribution in [3.63, 3.8) is 0 Å². The number of nitrogens with zero attached hydrogens (tertiary/aromatic N) is 3. The Hall–Kier alpha value is -4.11. The zero-order chi connectivity index (χ0) is 22.6. The third kappa shape index (κ3) is 4.44. The fourth-order valence-electron chi connectivity index (χ4n) is 3.81. The van der Waals surface area contributed by atoms with E-state index in [2.05, 4.69) is 42.6 Å². The molecule has 0 unspecified atom stereocenters. The first-order chi connectivity index (χ1) is 16.2. The first-order valence-corrected chi connectivity index (χ1v) is 10.7. The third-order valence-corrected chi connectivity index (χ3v) is 5.49. The van der Waals surface area contributed by atoms with Crippen LogP contribution in [0.1, 0.15) is 10.4 Å². The van der Waals surface area contributed by atoms with Gasteiger partial charge in [-0.3, -0.25) is 0 Å². The lowest BCUT2D eigenvalue weighted by Gasteiger charge is -2.28. The molecule has 0 radical (unpaired) electrons. The molecule has 168 valence electrons. The average Bonchev–Trinajstić information content (AvgIpc) is 3.34. The van der Waals surface area contributed by atoms with Crippen LogP contribution in [0.5, 0.6) is 0 Å². The van der Waals surface area contributed by atoms with Crippen molar-refractivity contribution in [2.24, 2.45) is 0 Å². The average molecular weight is 444 g/mol. The van der Waals surface area contributed by atoms with Gasteiger partial charge < -0.3 is 30.0 Å². The lowest BCUT2D eigenvalue weighted by Crippen LogP contribution is -2.36. The molecule has 1 saturated heterocycles. The van der Waals surface area contributed by atoms with E-state index in [9.17, 15) is 4.79 Å². The molecule has 33 heavy (non-hydrogen) atoms. The molecule has 3 N–H and O–H groups in total. The van der Waals surface area contributed by atoms with Crippen molar-refractivity contribution in [2.45, 2.75) is 0 Å². The summed E-state index contributed by atoms with van der Waals surface area (Å²) in [5.74, 6) is 0.571. The number of carbonyl (C=O) groups excluding carboxylic acids is 1. The number of anilines is 5. The van der Waals surface area contributed by atoms with Gasteiger partial charge in [0.25, 0.3) is 0 Å². The summed E-state index contributed by atoms with van der Waals surface area (Å²) in [6.45, 7) is 3.28. The number of H-pyrrole nitrogens is 1. The number of carbonyl (C=O) groups is 1. The Balaban J connectivity index is 1.41. The van der Waals surface area contributed by atoms with Crippen LogP contribution in [0.25, 0.3) is 11.0 Å². The fourth-order valence-corrected chi connectivity index (χ4v) is 3.81. The molecule has 5 rings (SSSR count). The summed E-state index contributed by atoms with van der Waals surface area (Å²) in [4.78, 5) is 26.9. The second kappa shape index (κ2) is 9.17. The van der Waals surface area contributed by atoms with Gasteiger partial charge in [-0.15, -0.1) is 0 Å². The van der Waals surface area contributed by atoms with Crippen LogP contribution in [0.3, 0.4) is 0 Å². The maximum Gasteiger partial charge on any atom is 0.339 e. The molecule has 2 aromatic carbocycles. The quantitative estimate of drug-likeness (QED) is 0.383. The number of fused-ring (bicyclic) bond motifs is 1. The third-order valence-electron chi connectivity index (χ3n) is 5.49. The van der Waals surface area contributed by atoms with Crippen LogP contribution in [-0.2, 0) is 9.47 Å². The number of hydrogen-bond donors (Lipinski definition) is 3. The molecule has 0 bridgehead atoms. The van der Waals surface area contributed by atoms with Crippen LogP contribution in [0, 0.1) is 0 Å². The number of ether oxygens (including phenoxy) is 2. The number of rotatable bonds is 6. The highest BCUT2D eigenvalue weighted by Gasteiger charge is 2.15. The predicted octanol–water partition coefficient (Wildman–Crippen LogP) is 4.07. The number of morpholine rings is 1. The Kier molecular flexibility index (Phi) is 5.77. The van der Waals surface area contributed by atoms with Gasteiger partial charge in [0.05, 0.1) is 37.1 Å². The van der Waals surface area contributed by atoms with Crippen molar-refractivity contribution in [1.29, 1.82) is 0 Å². The Morgan fingerprint density at radius 1 is 1.03 bits per heavy atom. The molecule has 0 amide bonds. The van der Waals surface area contributed by atoms with Crippen molar-refractivity contribution in [3.05, 3.63) is 66.4 Å². The summed E-state index contributed by atoms with van der Waals surface area (Å²) >= 11 is 0. The highest BCUT2D eigenvalue weighted by molar-refractivity contribution is 5.98. The Morgan fingerprint density at radius 2 is 1.82 bits per heavy atom. The van der Waals surface area contributed by atoms with E-state index < -0.39 is 5.97 Å². The van der Waals surface area contributed by atoms with Gasteiger partial charge in [0, 0.05) is 30.7 Å². The lowest BCUT2D eigenvalue weighted by molar-refractivity contribution is 0.0602. The molecular formula is C24H24N6O3. The Labute approximate surface area is 190 Å². The molecule has 3 heterocycles. The number of aromatic amines is 1. The number of nitrogens with one attached hydrogen (secondary N) is 3. The molecule has 0 spiro atoms. The number of benzene rings is 2. The Bertz CT molecular complexity index is 1260. The van der Waals surface area contributed by atoms with Crippen LogP contribution < -0.4 is 15.5 Å². The maximum atomic E-state index is 12.2. The van der Waals surface area contributed by atoms with E-state index in [0.29, 0.717) is 23.0 Å². The minimum atomic E-state index is -0.423. The van der Waals surface area contributed by atoms with E-state index in [1.54, 1.807) is 24.4 Å². The molecule has 2 aromatic heterocycles. The van der Waals surface area contributed by atoms with E-state index in [4.69, 9.17) is 9.47 Å². The van der Waals surface area contributed by atoms with Crippen LogP contribution in [0.4, 0.5) is 28.8 Å². The van der Waals surface area contributed by atoms with Gasteiger partial charge in [0.15, 0.2) is 5.82 Å². The van der Waals surface area contributed by atoms with Gasteiger partial charge in [-0.05, 0) is 42.5 Å². The zero-order valence-corrected chi connectivity index (χ0v) is 18.2. The number of methoxy groups -OCH3 is 1. The van der Waals surface area contributed by atoms with Gasteiger partial charge in [-0.1, -0.05) is 12.1 Å². The molecule has 9 nitrogen and oxygen atoms in total. The molecule has 9 heteroatoms. The molecule has 1 aliphatic rings. The van der Waals surface area contributed by atoms with E-state index in [1.165, 1.54) is 7.11 Å².